The fourth-order valence-electron chi connectivity index (χ4n) is 5.01. The first-order chi connectivity index (χ1) is 14.6. The largest absolute Gasteiger partial charge is 0.246 e. The third-order valence-corrected chi connectivity index (χ3v) is 8.28. The lowest BCUT2D eigenvalue weighted by Crippen LogP contribution is -2.29. The maximum Gasteiger partial charge on any atom is 0.246 e. The van der Waals surface area contributed by atoms with Crippen molar-refractivity contribution in [2.75, 3.05) is 13.1 Å². The molecule has 2 aliphatic rings. The molecule has 1 aliphatic carbocycles. The van der Waals surface area contributed by atoms with Gasteiger partial charge in [0.15, 0.2) is 12.5 Å². The average Bonchev–Trinajstić information content (AvgIpc) is 3.27. The zero-order valence-electron chi connectivity index (χ0n) is 16.8. The second-order valence-electron chi connectivity index (χ2n) is 8.14. The van der Waals surface area contributed by atoms with Crippen LogP contribution in [0.25, 0.3) is 0 Å². The zero-order chi connectivity index (χ0) is 20.6. The Balaban J connectivity index is 1.51. The van der Waals surface area contributed by atoms with Crippen LogP contribution in [0.1, 0.15) is 35.8 Å². The van der Waals surface area contributed by atoms with Gasteiger partial charge in [-0.25, -0.2) is 8.42 Å². The Bertz CT molecular complexity index is 1030. The molecule has 0 aromatic heterocycles. The van der Waals surface area contributed by atoms with Crippen LogP contribution in [0.15, 0.2) is 95.9 Å². The summed E-state index contributed by atoms with van der Waals surface area (Å²) in [6.07, 6.45) is 2.09. The molecule has 3 aromatic rings. The second-order valence-corrected chi connectivity index (χ2v) is 10.1. The Morgan fingerprint density at radius 3 is 1.93 bits per heavy atom. The minimum absolute atomic E-state index is 0.289. The highest BCUT2D eigenvalue weighted by Gasteiger charge is 2.58. The van der Waals surface area contributed by atoms with Crippen molar-refractivity contribution in [3.05, 3.63) is 114 Å². The molecule has 2 unspecified atom stereocenters. The van der Waals surface area contributed by atoms with Gasteiger partial charge in [-0.05, 0) is 36.1 Å². The molecule has 3 aromatic carbocycles. The number of benzene rings is 3. The Morgan fingerprint density at radius 1 is 0.733 bits per heavy atom. The molecule has 30 heavy (non-hydrogen) atoms. The van der Waals surface area contributed by atoms with Gasteiger partial charge in [0.2, 0.25) is 10.0 Å². The minimum Gasteiger partial charge on any atom is -0.207 e. The topological polar surface area (TPSA) is 37.4 Å². The molecular formula is C26H25NO2S+. The predicted octanol–water partition coefficient (Wildman–Crippen LogP) is 5.20. The fourth-order valence-corrected chi connectivity index (χ4v) is 6.42. The van der Waals surface area contributed by atoms with Crippen LogP contribution in [0.4, 0.5) is 0 Å². The Hall–Kier alpha value is -2.56. The van der Waals surface area contributed by atoms with E-state index in [0.29, 0.717) is 18.0 Å². The Kier molecular flexibility index (Phi) is 5.13. The van der Waals surface area contributed by atoms with Gasteiger partial charge in [0.1, 0.15) is 11.8 Å². The van der Waals surface area contributed by atoms with Crippen molar-refractivity contribution in [3.63, 3.8) is 0 Å². The monoisotopic (exact) mass is 415 g/mol. The van der Waals surface area contributed by atoms with E-state index in [0.717, 1.165) is 12.8 Å². The van der Waals surface area contributed by atoms with Gasteiger partial charge in [-0.3, -0.25) is 0 Å². The lowest BCUT2D eigenvalue weighted by molar-refractivity contribution is 0.471. The van der Waals surface area contributed by atoms with Crippen LogP contribution in [-0.4, -0.2) is 25.8 Å². The molecule has 0 N–H and O–H groups in total. The molecule has 0 spiro atoms. The van der Waals surface area contributed by atoms with E-state index in [1.807, 2.05) is 18.2 Å². The molecule has 0 bridgehead atoms. The molecular weight excluding hydrogens is 390 g/mol. The van der Waals surface area contributed by atoms with E-state index in [9.17, 15) is 8.42 Å². The van der Waals surface area contributed by atoms with Crippen molar-refractivity contribution in [2.24, 2.45) is 0 Å². The first-order valence-electron chi connectivity index (χ1n) is 10.5. The summed E-state index contributed by atoms with van der Waals surface area (Å²) in [5, 5.41) is 0. The predicted molar refractivity (Wildman–Crippen MR) is 119 cm³/mol. The highest BCUT2D eigenvalue weighted by Crippen LogP contribution is 2.54. The second kappa shape index (κ2) is 7.93. The molecule has 151 valence electrons. The van der Waals surface area contributed by atoms with Crippen molar-refractivity contribution in [3.8, 4) is 0 Å². The van der Waals surface area contributed by atoms with E-state index in [2.05, 4.69) is 48.5 Å². The van der Waals surface area contributed by atoms with Gasteiger partial charge in [-0.15, -0.1) is 0 Å². The average molecular weight is 416 g/mol. The maximum absolute atomic E-state index is 13.4. The molecule has 5 rings (SSSR count). The molecule has 2 atom stereocenters. The molecule has 1 radical (unpaired) electrons. The van der Waals surface area contributed by atoms with E-state index in [1.165, 1.54) is 23.0 Å². The lowest BCUT2D eigenvalue weighted by Gasteiger charge is -2.30. The third kappa shape index (κ3) is 3.44. The Labute approximate surface area is 179 Å². The summed E-state index contributed by atoms with van der Waals surface area (Å²) in [5.74, 6) is 3.16. The quantitative estimate of drug-likeness (QED) is 0.549. The number of rotatable bonds is 4. The van der Waals surface area contributed by atoms with Crippen molar-refractivity contribution in [1.82, 2.24) is 4.31 Å². The van der Waals surface area contributed by atoms with Crippen LogP contribution < -0.4 is 0 Å². The molecule has 3 nitrogen and oxygen atoms in total. The van der Waals surface area contributed by atoms with E-state index < -0.39 is 10.0 Å². The van der Waals surface area contributed by atoms with Gasteiger partial charge >= 0.3 is 0 Å². The summed E-state index contributed by atoms with van der Waals surface area (Å²) in [6, 6.07) is 29.9. The van der Waals surface area contributed by atoms with Crippen molar-refractivity contribution < 1.29 is 8.42 Å². The van der Waals surface area contributed by atoms with Crippen molar-refractivity contribution in [2.45, 2.75) is 29.6 Å². The minimum atomic E-state index is -3.52. The van der Waals surface area contributed by atoms with Crippen LogP contribution in [-0.2, 0) is 10.0 Å². The third-order valence-electron chi connectivity index (χ3n) is 6.48. The van der Waals surface area contributed by atoms with E-state index in [4.69, 9.17) is 0 Å². The van der Waals surface area contributed by atoms with Gasteiger partial charge in [0.05, 0.1) is 11.4 Å². The molecule has 0 amide bonds. The SMILES string of the molecule is O=S(=O)(c1ccccc1)N1C[C]2[C+](C1)C(c1ccccc1)CCC2c1ccccc1. The van der Waals surface area contributed by atoms with Crippen LogP contribution in [0.3, 0.4) is 0 Å². The number of hydrogen-bond acceptors (Lipinski definition) is 2. The number of fused-ring (bicyclic) bond motifs is 1. The van der Waals surface area contributed by atoms with Crippen LogP contribution >= 0.6 is 0 Å². The number of hydrogen-bond donors (Lipinski definition) is 0. The summed E-state index contributed by atoms with van der Waals surface area (Å²) >= 11 is 0. The lowest BCUT2D eigenvalue weighted by atomic mass is 9.64. The zero-order valence-corrected chi connectivity index (χ0v) is 17.6. The summed E-state index contributed by atoms with van der Waals surface area (Å²) < 4.78 is 28.4. The summed E-state index contributed by atoms with van der Waals surface area (Å²) in [5.41, 5.74) is 2.57. The molecule has 1 heterocycles. The smallest absolute Gasteiger partial charge is 0.207 e. The molecule has 4 heteroatoms. The summed E-state index contributed by atoms with van der Waals surface area (Å²) in [4.78, 5) is 0.373. The van der Waals surface area contributed by atoms with Gasteiger partial charge in [-0.2, -0.15) is 4.31 Å². The highest BCUT2D eigenvalue weighted by molar-refractivity contribution is 7.89. The van der Waals surface area contributed by atoms with Crippen molar-refractivity contribution in [1.29, 1.82) is 0 Å². The van der Waals surface area contributed by atoms with Crippen LogP contribution in [0.5, 0.6) is 0 Å². The first-order valence-corrected chi connectivity index (χ1v) is 12.0. The number of sulfonamides is 1. The summed E-state index contributed by atoms with van der Waals surface area (Å²) in [6.45, 7) is 0.963. The maximum atomic E-state index is 13.4. The van der Waals surface area contributed by atoms with Crippen LogP contribution in [0.2, 0.25) is 0 Å². The van der Waals surface area contributed by atoms with Crippen molar-refractivity contribution >= 4 is 10.0 Å². The van der Waals surface area contributed by atoms with E-state index in [-0.39, 0.29) is 11.8 Å². The van der Waals surface area contributed by atoms with Gasteiger partial charge < -0.3 is 0 Å². The molecule has 1 saturated carbocycles. The molecule has 1 aliphatic heterocycles. The van der Waals surface area contributed by atoms with E-state index >= 15 is 0 Å². The highest BCUT2D eigenvalue weighted by atomic mass is 32.2. The van der Waals surface area contributed by atoms with Gasteiger partial charge in [0.25, 0.3) is 0 Å². The Morgan fingerprint density at radius 2 is 1.30 bits per heavy atom. The van der Waals surface area contributed by atoms with Crippen LogP contribution in [0, 0.1) is 11.8 Å². The van der Waals surface area contributed by atoms with Gasteiger partial charge in [-0.1, -0.05) is 78.9 Å². The standard InChI is InChI=1S/C26H25NO2S/c28-30(29,22-14-8-3-9-15-22)27-18-25-23(20-10-4-1-5-11-20)16-17-24(26(25)19-27)21-12-6-2-7-13-21/h1-15,23-24H,16-19H2/q+1. The van der Waals surface area contributed by atoms with E-state index in [1.54, 1.807) is 28.6 Å². The van der Waals surface area contributed by atoms with Gasteiger partial charge in [0, 0.05) is 5.92 Å². The molecule has 2 fully saturated rings. The first kappa shape index (κ1) is 19.4. The normalized spacial score (nSPS) is 22.7. The molecule has 1 saturated heterocycles. The number of nitrogens with zero attached hydrogens (tertiary/aromatic N) is 1. The fraction of sp³-hybridized carbons (Fsp3) is 0.231. The summed E-state index contributed by atoms with van der Waals surface area (Å²) in [7, 11) is -3.52.